The number of nitrogens with zero attached hydrogens (tertiary/aromatic N) is 1. The lowest BCUT2D eigenvalue weighted by molar-refractivity contribution is -0.144. The second-order valence-electron chi connectivity index (χ2n) is 6.34. The van der Waals surface area contributed by atoms with Crippen molar-refractivity contribution in [3.8, 4) is 0 Å². The highest BCUT2D eigenvalue weighted by Crippen LogP contribution is 2.31. The van der Waals surface area contributed by atoms with Crippen LogP contribution in [0.5, 0.6) is 0 Å². The number of carbonyl (C=O) groups is 1. The summed E-state index contributed by atoms with van der Waals surface area (Å²) in [4.78, 5) is 17.2. The number of H-pyrrole nitrogens is 1. The number of aryl methyl sites for hydroxylation is 1. The molecule has 1 heterocycles. The van der Waals surface area contributed by atoms with Gasteiger partial charge in [0.05, 0.1) is 0 Å². The second-order valence-corrected chi connectivity index (χ2v) is 6.34. The molecule has 1 aliphatic carbocycles. The van der Waals surface area contributed by atoms with Crippen molar-refractivity contribution in [1.29, 1.82) is 0 Å². The van der Waals surface area contributed by atoms with Gasteiger partial charge in [-0.2, -0.15) is 0 Å². The van der Waals surface area contributed by atoms with Crippen LogP contribution in [0, 0.1) is 0 Å². The quantitative estimate of drug-likeness (QED) is 0.883. The molecule has 1 aromatic heterocycles. The number of hydrogen-bond donors (Lipinski definition) is 1. The van der Waals surface area contributed by atoms with Crippen molar-refractivity contribution >= 4 is 16.9 Å². The summed E-state index contributed by atoms with van der Waals surface area (Å²) in [6, 6.07) is 6.92. The third kappa shape index (κ3) is 2.88. The van der Waals surface area contributed by atoms with E-state index in [9.17, 15) is 4.79 Å². The number of ether oxygens (including phenoxy) is 1. The van der Waals surface area contributed by atoms with Crippen LogP contribution in [0.2, 0.25) is 0 Å². The van der Waals surface area contributed by atoms with Gasteiger partial charge in [-0.05, 0) is 56.6 Å². The number of fused-ring (bicyclic) bond motifs is 3. The maximum atomic E-state index is 11.3. The molecule has 0 amide bonds. The van der Waals surface area contributed by atoms with Crippen LogP contribution in [0.3, 0.4) is 0 Å². The minimum Gasteiger partial charge on any atom is -0.461 e. The Balaban J connectivity index is 1.88. The van der Waals surface area contributed by atoms with E-state index in [1.807, 2.05) is 13.0 Å². The standard InChI is InChI=1S/C18H24N2O2/c1-4-18(21)22-11-12-5-7-16-14(9-12)15-10-13(20(2)3)6-8-17(15)19-16/h5,7,9,13,19H,4,6,8,10-11H2,1-3H3. The Morgan fingerprint density at radius 2 is 2.23 bits per heavy atom. The molecule has 4 nitrogen and oxygen atoms in total. The average Bonchev–Trinajstić information content (AvgIpc) is 2.89. The van der Waals surface area contributed by atoms with E-state index in [4.69, 9.17) is 4.74 Å². The summed E-state index contributed by atoms with van der Waals surface area (Å²) >= 11 is 0. The molecule has 2 aromatic rings. The topological polar surface area (TPSA) is 45.3 Å². The van der Waals surface area contributed by atoms with Crippen LogP contribution in [-0.2, 0) is 29.0 Å². The number of benzene rings is 1. The smallest absolute Gasteiger partial charge is 0.305 e. The lowest BCUT2D eigenvalue weighted by atomic mass is 9.90. The second kappa shape index (κ2) is 6.13. The van der Waals surface area contributed by atoms with E-state index in [1.165, 1.54) is 28.6 Å². The van der Waals surface area contributed by atoms with Gasteiger partial charge in [0.15, 0.2) is 0 Å². The van der Waals surface area contributed by atoms with Gasteiger partial charge in [-0.1, -0.05) is 13.0 Å². The Hall–Kier alpha value is -1.81. The Labute approximate surface area is 131 Å². The van der Waals surface area contributed by atoms with E-state index in [-0.39, 0.29) is 5.97 Å². The van der Waals surface area contributed by atoms with Crippen molar-refractivity contribution in [3.63, 3.8) is 0 Å². The molecule has 4 heteroatoms. The van der Waals surface area contributed by atoms with Crippen LogP contribution < -0.4 is 0 Å². The molecule has 3 rings (SSSR count). The summed E-state index contributed by atoms with van der Waals surface area (Å²) in [5.74, 6) is -0.149. The van der Waals surface area contributed by atoms with Gasteiger partial charge in [0.1, 0.15) is 6.61 Å². The Morgan fingerprint density at radius 1 is 1.41 bits per heavy atom. The molecule has 1 unspecified atom stereocenters. The van der Waals surface area contributed by atoms with Gasteiger partial charge in [-0.25, -0.2) is 0 Å². The molecule has 1 aromatic carbocycles. The predicted molar refractivity (Wildman–Crippen MR) is 87.9 cm³/mol. The van der Waals surface area contributed by atoms with Crippen molar-refractivity contribution in [1.82, 2.24) is 9.88 Å². The van der Waals surface area contributed by atoms with E-state index in [0.717, 1.165) is 18.4 Å². The van der Waals surface area contributed by atoms with Gasteiger partial charge in [0, 0.05) is 29.1 Å². The molecule has 0 saturated carbocycles. The van der Waals surface area contributed by atoms with E-state index in [2.05, 4.69) is 36.1 Å². The molecule has 0 spiro atoms. The maximum Gasteiger partial charge on any atom is 0.305 e. The summed E-state index contributed by atoms with van der Waals surface area (Å²) in [5.41, 5.74) is 5.05. The van der Waals surface area contributed by atoms with Gasteiger partial charge in [-0.15, -0.1) is 0 Å². The number of esters is 1. The summed E-state index contributed by atoms with van der Waals surface area (Å²) in [6.45, 7) is 2.18. The lowest BCUT2D eigenvalue weighted by Gasteiger charge is -2.28. The van der Waals surface area contributed by atoms with Crippen LogP contribution in [0.1, 0.15) is 36.6 Å². The molecule has 0 bridgehead atoms. The molecule has 22 heavy (non-hydrogen) atoms. The fourth-order valence-electron chi connectivity index (χ4n) is 3.24. The van der Waals surface area contributed by atoms with Gasteiger partial charge in [-0.3, -0.25) is 4.79 Å². The first-order chi connectivity index (χ1) is 10.6. The van der Waals surface area contributed by atoms with E-state index in [1.54, 1.807) is 0 Å². The van der Waals surface area contributed by atoms with Crippen molar-refractivity contribution in [2.45, 2.75) is 45.3 Å². The number of rotatable bonds is 4. The highest BCUT2D eigenvalue weighted by Gasteiger charge is 2.23. The van der Waals surface area contributed by atoms with Crippen LogP contribution in [0.25, 0.3) is 10.9 Å². The monoisotopic (exact) mass is 300 g/mol. The van der Waals surface area contributed by atoms with Crippen LogP contribution >= 0.6 is 0 Å². The van der Waals surface area contributed by atoms with Crippen LogP contribution in [-0.4, -0.2) is 36.0 Å². The molecule has 0 saturated heterocycles. The zero-order chi connectivity index (χ0) is 15.7. The van der Waals surface area contributed by atoms with E-state index >= 15 is 0 Å². The first kappa shape index (κ1) is 15.1. The minimum atomic E-state index is -0.149. The van der Waals surface area contributed by atoms with Crippen molar-refractivity contribution in [2.24, 2.45) is 0 Å². The number of aromatic nitrogens is 1. The van der Waals surface area contributed by atoms with E-state index in [0.29, 0.717) is 19.1 Å². The highest BCUT2D eigenvalue weighted by molar-refractivity contribution is 5.85. The molecule has 0 fully saturated rings. The number of aromatic amines is 1. The number of nitrogens with one attached hydrogen (secondary N) is 1. The van der Waals surface area contributed by atoms with Crippen molar-refractivity contribution in [3.05, 3.63) is 35.0 Å². The van der Waals surface area contributed by atoms with Crippen molar-refractivity contribution in [2.75, 3.05) is 14.1 Å². The highest BCUT2D eigenvalue weighted by atomic mass is 16.5. The zero-order valence-corrected chi connectivity index (χ0v) is 13.6. The summed E-state index contributed by atoms with van der Waals surface area (Å²) in [5, 5.41) is 1.28. The number of hydrogen-bond acceptors (Lipinski definition) is 3. The third-order valence-corrected chi connectivity index (χ3v) is 4.65. The molecular weight excluding hydrogens is 276 g/mol. The van der Waals surface area contributed by atoms with E-state index < -0.39 is 0 Å². The molecule has 118 valence electrons. The Morgan fingerprint density at radius 3 is 2.95 bits per heavy atom. The molecular formula is C18H24N2O2. The average molecular weight is 300 g/mol. The zero-order valence-electron chi connectivity index (χ0n) is 13.6. The fraction of sp³-hybridized carbons (Fsp3) is 0.500. The normalized spacial score (nSPS) is 17.7. The lowest BCUT2D eigenvalue weighted by Crippen LogP contribution is -2.33. The minimum absolute atomic E-state index is 0.149. The number of likely N-dealkylation sites (N-methyl/N-ethyl adjacent to an activating group) is 1. The van der Waals surface area contributed by atoms with Crippen LogP contribution in [0.15, 0.2) is 18.2 Å². The molecule has 1 aliphatic rings. The molecule has 1 N–H and O–H groups in total. The fourth-order valence-corrected chi connectivity index (χ4v) is 3.24. The summed E-state index contributed by atoms with van der Waals surface area (Å²) in [6.07, 6.45) is 3.81. The summed E-state index contributed by atoms with van der Waals surface area (Å²) in [7, 11) is 4.31. The van der Waals surface area contributed by atoms with Crippen LogP contribution in [0.4, 0.5) is 0 Å². The Kier molecular flexibility index (Phi) is 4.21. The Bertz CT molecular complexity index is 688. The van der Waals surface area contributed by atoms with Crippen molar-refractivity contribution < 1.29 is 9.53 Å². The summed E-state index contributed by atoms with van der Waals surface area (Å²) < 4.78 is 5.25. The maximum absolute atomic E-state index is 11.3. The van der Waals surface area contributed by atoms with Gasteiger partial charge in [0.2, 0.25) is 0 Å². The number of carbonyl (C=O) groups excluding carboxylic acids is 1. The molecule has 0 aliphatic heterocycles. The molecule has 0 radical (unpaired) electrons. The largest absolute Gasteiger partial charge is 0.461 e. The van der Waals surface area contributed by atoms with Gasteiger partial charge >= 0.3 is 5.97 Å². The SMILES string of the molecule is CCC(=O)OCc1ccc2[nH]c3c(c2c1)CC(N(C)C)CC3. The first-order valence-electron chi connectivity index (χ1n) is 8.03. The predicted octanol–water partition coefficient (Wildman–Crippen LogP) is 3.04. The van der Waals surface area contributed by atoms with Gasteiger partial charge in [0.25, 0.3) is 0 Å². The molecule has 1 atom stereocenters. The first-order valence-corrected chi connectivity index (χ1v) is 8.03. The third-order valence-electron chi connectivity index (χ3n) is 4.65. The van der Waals surface area contributed by atoms with Gasteiger partial charge < -0.3 is 14.6 Å².